The second-order valence-corrected chi connectivity index (χ2v) is 5.71. The molecule has 0 unspecified atom stereocenters. The number of carbonyl (C=O) groups is 2. The second kappa shape index (κ2) is 9.12. The summed E-state index contributed by atoms with van der Waals surface area (Å²) in [4.78, 5) is 23.5. The second-order valence-electron chi connectivity index (χ2n) is 5.71. The molecule has 0 saturated carbocycles. The smallest absolute Gasteiger partial charge is 0.475 e. The Balaban J connectivity index is 2.12. The van der Waals surface area contributed by atoms with Crippen molar-refractivity contribution in [2.45, 2.75) is 25.5 Å². The van der Waals surface area contributed by atoms with Crippen molar-refractivity contribution in [3.63, 3.8) is 0 Å². The van der Waals surface area contributed by atoms with Crippen molar-refractivity contribution < 1.29 is 29.5 Å². The van der Waals surface area contributed by atoms with Gasteiger partial charge in [0.1, 0.15) is 17.9 Å². The average Bonchev–Trinajstić information content (AvgIpc) is 3.08. The Labute approximate surface area is 154 Å². The van der Waals surface area contributed by atoms with E-state index in [9.17, 15) is 24.7 Å². The molecule has 144 valence electrons. The van der Waals surface area contributed by atoms with Gasteiger partial charge >= 0.3 is 13.1 Å². The van der Waals surface area contributed by atoms with E-state index in [-0.39, 0.29) is 30.8 Å². The molecule has 0 aliphatic carbocycles. The first-order valence-electron chi connectivity index (χ1n) is 7.99. The minimum Gasteiger partial charge on any atom is -0.496 e. The molecule has 0 spiro atoms. The van der Waals surface area contributed by atoms with Crippen LogP contribution >= 0.6 is 0 Å². The number of benzene rings is 1. The topological polar surface area (TPSA) is 173 Å². The van der Waals surface area contributed by atoms with E-state index in [4.69, 9.17) is 10.5 Å². The lowest BCUT2D eigenvalue weighted by Gasteiger charge is -2.20. The monoisotopic (exact) mass is 377 g/mol. The third-order valence-corrected chi connectivity index (χ3v) is 3.78. The van der Waals surface area contributed by atoms with E-state index in [0.29, 0.717) is 11.3 Å². The van der Waals surface area contributed by atoms with E-state index in [0.717, 1.165) is 0 Å². The number of aromatic carboxylic acids is 1. The van der Waals surface area contributed by atoms with Crippen molar-refractivity contribution in [3.05, 3.63) is 41.2 Å². The van der Waals surface area contributed by atoms with E-state index in [2.05, 4.69) is 15.6 Å². The zero-order valence-electron chi connectivity index (χ0n) is 14.6. The molecule has 1 heterocycles. The molecule has 6 N–H and O–H groups in total. The summed E-state index contributed by atoms with van der Waals surface area (Å²) >= 11 is 0. The highest BCUT2D eigenvalue weighted by Gasteiger charge is 2.28. The fraction of sp³-hybridized carbons (Fsp3) is 0.333. The summed E-state index contributed by atoms with van der Waals surface area (Å²) in [5.74, 6) is -2.71. The number of nitrogens with zero attached hydrogens (tertiary/aromatic N) is 3. The highest BCUT2D eigenvalue weighted by atomic mass is 16.5. The van der Waals surface area contributed by atoms with E-state index < -0.39 is 24.9 Å². The predicted octanol–water partition coefficient (Wildman–Crippen LogP) is -1.82. The molecule has 0 saturated heterocycles. The molecule has 0 radical (unpaired) electrons. The van der Waals surface area contributed by atoms with Crippen LogP contribution in [-0.4, -0.2) is 62.2 Å². The van der Waals surface area contributed by atoms with Crippen LogP contribution in [0.5, 0.6) is 5.75 Å². The van der Waals surface area contributed by atoms with Gasteiger partial charge in [-0.15, -0.1) is 5.10 Å². The number of para-hydroxylation sites is 1. The number of hydrogen-bond acceptors (Lipinski definition) is 8. The maximum atomic E-state index is 12.2. The minimum absolute atomic E-state index is 0.0564. The molecule has 0 fully saturated rings. The van der Waals surface area contributed by atoms with Gasteiger partial charge in [0.25, 0.3) is 0 Å². The number of carboxylic acids is 1. The summed E-state index contributed by atoms with van der Waals surface area (Å²) in [6.07, 6.45) is 1.45. The Morgan fingerprint density at radius 1 is 1.41 bits per heavy atom. The molecule has 1 amide bonds. The molecular formula is C15H20BN5O6. The number of nitrogens with one attached hydrogen (secondary N) is 1. The molecule has 2 rings (SSSR count). The fourth-order valence-electron chi connectivity index (χ4n) is 2.53. The quantitative estimate of drug-likeness (QED) is 0.315. The fourth-order valence-corrected chi connectivity index (χ4v) is 2.53. The van der Waals surface area contributed by atoms with Gasteiger partial charge in [-0.1, -0.05) is 17.3 Å². The maximum absolute atomic E-state index is 12.2. The molecule has 0 aliphatic rings. The van der Waals surface area contributed by atoms with Crippen molar-refractivity contribution in [1.29, 1.82) is 0 Å². The summed E-state index contributed by atoms with van der Waals surface area (Å²) in [7, 11) is -0.559. The van der Waals surface area contributed by atoms with Gasteiger partial charge in [0.05, 0.1) is 24.9 Å². The van der Waals surface area contributed by atoms with Gasteiger partial charge in [-0.2, -0.15) is 0 Å². The van der Waals surface area contributed by atoms with E-state index in [1.54, 1.807) is 6.07 Å². The summed E-state index contributed by atoms with van der Waals surface area (Å²) in [5.41, 5.74) is 6.28. The highest BCUT2D eigenvalue weighted by Crippen LogP contribution is 2.25. The van der Waals surface area contributed by atoms with Crippen molar-refractivity contribution in [2.75, 3.05) is 7.11 Å². The van der Waals surface area contributed by atoms with Crippen LogP contribution in [0.15, 0.2) is 24.4 Å². The average molecular weight is 377 g/mol. The molecule has 0 aliphatic heterocycles. The van der Waals surface area contributed by atoms with E-state index >= 15 is 0 Å². The number of methoxy groups -OCH3 is 1. The van der Waals surface area contributed by atoms with Crippen LogP contribution in [0.3, 0.4) is 0 Å². The number of carboxylic acid groups (broad SMARTS) is 1. The van der Waals surface area contributed by atoms with Crippen LogP contribution in [0, 0.1) is 0 Å². The van der Waals surface area contributed by atoms with Crippen LogP contribution in [0.4, 0.5) is 0 Å². The molecule has 27 heavy (non-hydrogen) atoms. The van der Waals surface area contributed by atoms with Gasteiger partial charge in [-0.05, 0) is 18.1 Å². The van der Waals surface area contributed by atoms with Gasteiger partial charge in [0.2, 0.25) is 5.91 Å². The Bertz CT molecular complexity index is 812. The number of aromatic nitrogens is 3. The van der Waals surface area contributed by atoms with Gasteiger partial charge in [-0.25, -0.2) is 9.48 Å². The van der Waals surface area contributed by atoms with E-state index in [1.807, 2.05) is 0 Å². The van der Waals surface area contributed by atoms with Crippen molar-refractivity contribution in [1.82, 2.24) is 20.3 Å². The number of rotatable bonds is 9. The number of hydrogen-bond donors (Lipinski definition) is 5. The molecule has 2 aromatic rings. The highest BCUT2D eigenvalue weighted by molar-refractivity contribution is 6.43. The lowest BCUT2D eigenvalue weighted by atomic mass is 9.75. The number of ether oxygens (including phenoxy) is 1. The molecule has 11 nitrogen and oxygen atoms in total. The Morgan fingerprint density at radius 2 is 2.15 bits per heavy atom. The van der Waals surface area contributed by atoms with Crippen molar-refractivity contribution in [2.24, 2.45) is 5.73 Å². The van der Waals surface area contributed by atoms with Gasteiger partial charge in [0, 0.05) is 6.54 Å². The Morgan fingerprint density at radius 3 is 2.70 bits per heavy atom. The predicted molar refractivity (Wildman–Crippen MR) is 93.7 cm³/mol. The zero-order chi connectivity index (χ0) is 20.0. The SMILES string of the molecule is COc1c(C[C@H](NC(=O)Cn2cc(CN)nn2)B(O)O)cccc1C(=O)O. The number of nitrogens with two attached hydrogens (primary N) is 1. The standard InChI is InChI=1S/C15H20BN5O6/c1-27-14-9(3-2-4-11(14)15(23)24)5-12(16(25)26)18-13(22)8-21-7-10(6-17)19-20-21/h2-4,7,12,25-26H,5-6,8,17H2,1H3,(H,18,22)(H,23,24)/t12-/m0/s1. The molecular weight excluding hydrogens is 357 g/mol. The lowest BCUT2D eigenvalue weighted by molar-refractivity contribution is -0.122. The summed E-state index contributed by atoms with van der Waals surface area (Å²) in [5, 5.41) is 38.4. The lowest BCUT2D eigenvalue weighted by Crippen LogP contribution is -2.48. The Kier molecular flexibility index (Phi) is 6.88. The minimum atomic E-state index is -1.87. The first kappa shape index (κ1) is 20.4. The van der Waals surface area contributed by atoms with Crippen LogP contribution in [0.1, 0.15) is 21.6 Å². The Hall–Kier alpha value is -2.96. The third-order valence-electron chi connectivity index (χ3n) is 3.78. The van der Waals surface area contributed by atoms with Gasteiger partial charge < -0.3 is 30.9 Å². The largest absolute Gasteiger partial charge is 0.496 e. The summed E-state index contributed by atoms with van der Waals surface area (Å²) < 4.78 is 6.41. The van der Waals surface area contributed by atoms with Crippen LogP contribution in [0.2, 0.25) is 0 Å². The van der Waals surface area contributed by atoms with Crippen LogP contribution < -0.4 is 15.8 Å². The molecule has 0 bridgehead atoms. The number of amides is 1. The van der Waals surface area contributed by atoms with Crippen LogP contribution in [-0.2, 0) is 24.3 Å². The van der Waals surface area contributed by atoms with Gasteiger partial charge in [-0.3, -0.25) is 4.79 Å². The summed E-state index contributed by atoms with van der Waals surface area (Å²) in [6.45, 7) is -0.0121. The normalized spacial score (nSPS) is 11.7. The van der Waals surface area contributed by atoms with Gasteiger partial charge in [0.15, 0.2) is 0 Å². The summed E-state index contributed by atoms with van der Waals surface area (Å²) in [6, 6.07) is 4.46. The van der Waals surface area contributed by atoms with E-state index in [1.165, 1.54) is 30.1 Å². The maximum Gasteiger partial charge on any atom is 0.475 e. The van der Waals surface area contributed by atoms with Crippen LogP contribution in [0.25, 0.3) is 0 Å². The van der Waals surface area contributed by atoms with Crippen molar-refractivity contribution in [3.8, 4) is 5.75 Å². The molecule has 1 aromatic heterocycles. The molecule has 1 aromatic carbocycles. The molecule has 1 atom stereocenters. The first-order valence-corrected chi connectivity index (χ1v) is 7.99. The van der Waals surface area contributed by atoms with Crippen molar-refractivity contribution >= 4 is 19.0 Å². The first-order chi connectivity index (χ1) is 12.8. The third kappa shape index (κ3) is 5.26. The number of carbonyl (C=O) groups excluding carboxylic acids is 1. The zero-order valence-corrected chi connectivity index (χ0v) is 14.6. The molecule has 12 heteroatoms.